The van der Waals surface area contributed by atoms with Crippen LogP contribution in [0.3, 0.4) is 0 Å². The normalized spacial score (nSPS) is 11.3. The van der Waals surface area contributed by atoms with Crippen LogP contribution in [0.1, 0.15) is 15.9 Å². The first-order chi connectivity index (χ1) is 6.86. The monoisotopic (exact) mass is 283 g/mol. The molecule has 0 fully saturated rings. The van der Waals surface area contributed by atoms with Crippen molar-refractivity contribution in [3.05, 3.63) is 28.0 Å². The van der Waals surface area contributed by atoms with Crippen molar-refractivity contribution in [2.75, 3.05) is 7.11 Å². The molecule has 7 heteroatoms. The van der Waals surface area contributed by atoms with Gasteiger partial charge in [0.25, 0.3) is 0 Å². The first-order valence-corrected chi connectivity index (χ1v) is 4.46. The van der Waals surface area contributed by atoms with Crippen molar-refractivity contribution in [3.8, 4) is 0 Å². The van der Waals surface area contributed by atoms with Crippen molar-refractivity contribution in [3.63, 3.8) is 0 Å². The summed E-state index contributed by atoms with van der Waals surface area (Å²) in [7, 11) is 1.08. The molecule has 0 bridgehead atoms. The summed E-state index contributed by atoms with van der Waals surface area (Å²) in [5.41, 5.74) is -1.25. The lowest BCUT2D eigenvalue weighted by atomic mass is 10.2. The lowest BCUT2D eigenvalue weighted by molar-refractivity contribution is -0.137. The van der Waals surface area contributed by atoms with Gasteiger partial charge in [-0.1, -0.05) is 0 Å². The molecule has 3 nitrogen and oxygen atoms in total. The summed E-state index contributed by atoms with van der Waals surface area (Å²) in [4.78, 5) is 14.5. The molecule has 0 aromatic carbocycles. The molecular formula is C8H5BrF3NO2. The van der Waals surface area contributed by atoms with Crippen molar-refractivity contribution in [2.24, 2.45) is 0 Å². The molecular weight excluding hydrogens is 279 g/mol. The van der Waals surface area contributed by atoms with E-state index in [1.807, 2.05) is 0 Å². The van der Waals surface area contributed by atoms with Crippen molar-refractivity contribution >= 4 is 21.9 Å². The number of carbonyl (C=O) groups is 1. The quantitative estimate of drug-likeness (QED) is 0.588. The maximum Gasteiger partial charge on any atom is 0.417 e. The van der Waals surface area contributed by atoms with Crippen LogP contribution in [0.4, 0.5) is 13.2 Å². The summed E-state index contributed by atoms with van der Waals surface area (Å²) in [5.74, 6) is -0.875. The van der Waals surface area contributed by atoms with E-state index < -0.39 is 17.7 Å². The zero-order chi connectivity index (χ0) is 11.6. The van der Waals surface area contributed by atoms with Gasteiger partial charge in [-0.15, -0.1) is 0 Å². The molecule has 1 aromatic heterocycles. The van der Waals surface area contributed by atoms with Crippen molar-refractivity contribution in [1.29, 1.82) is 0 Å². The Morgan fingerprint density at radius 1 is 1.53 bits per heavy atom. The maximum atomic E-state index is 12.3. The average molecular weight is 284 g/mol. The van der Waals surface area contributed by atoms with E-state index in [0.717, 1.165) is 7.11 Å². The second kappa shape index (κ2) is 4.18. The van der Waals surface area contributed by atoms with Crippen LogP contribution in [0.25, 0.3) is 0 Å². The third kappa shape index (κ3) is 2.68. The van der Waals surface area contributed by atoms with Gasteiger partial charge < -0.3 is 4.74 Å². The molecule has 0 radical (unpaired) electrons. The Labute approximate surface area is 91.4 Å². The largest absolute Gasteiger partial charge is 0.465 e. The van der Waals surface area contributed by atoms with Gasteiger partial charge in [-0.25, -0.2) is 9.78 Å². The number of hydrogen-bond acceptors (Lipinski definition) is 3. The number of alkyl halides is 3. The molecule has 0 spiro atoms. The Morgan fingerprint density at radius 3 is 2.60 bits per heavy atom. The summed E-state index contributed by atoms with van der Waals surface area (Å²) in [6, 6.07) is 0.683. The fourth-order valence-corrected chi connectivity index (χ4v) is 1.23. The van der Waals surface area contributed by atoms with Gasteiger partial charge in [0.1, 0.15) is 4.60 Å². The predicted octanol–water partition coefficient (Wildman–Crippen LogP) is 2.65. The van der Waals surface area contributed by atoms with E-state index in [4.69, 9.17) is 0 Å². The smallest absolute Gasteiger partial charge is 0.417 e. The van der Waals surface area contributed by atoms with Crippen LogP contribution in [0, 0.1) is 0 Å². The van der Waals surface area contributed by atoms with E-state index in [1.165, 1.54) is 0 Å². The minimum absolute atomic E-state index is 0.0161. The molecule has 0 atom stereocenters. The number of aromatic nitrogens is 1. The SMILES string of the molecule is COC(=O)c1cc(C(F)(F)F)cnc1Br. The van der Waals surface area contributed by atoms with Gasteiger partial charge >= 0.3 is 12.1 Å². The Morgan fingerprint density at radius 2 is 2.13 bits per heavy atom. The van der Waals surface area contributed by atoms with Gasteiger partial charge in [0.15, 0.2) is 0 Å². The Balaban J connectivity index is 3.23. The number of esters is 1. The van der Waals surface area contributed by atoms with Crippen LogP contribution in [0.2, 0.25) is 0 Å². The van der Waals surface area contributed by atoms with E-state index in [2.05, 4.69) is 25.7 Å². The zero-order valence-corrected chi connectivity index (χ0v) is 9.02. The third-order valence-corrected chi connectivity index (χ3v) is 2.20. The van der Waals surface area contributed by atoms with E-state index in [0.29, 0.717) is 12.3 Å². The molecule has 1 rings (SSSR count). The second-order valence-corrected chi connectivity index (χ2v) is 3.30. The predicted molar refractivity (Wildman–Crippen MR) is 48.3 cm³/mol. The summed E-state index contributed by atoms with van der Waals surface area (Å²) in [6.45, 7) is 0. The van der Waals surface area contributed by atoms with Crippen LogP contribution < -0.4 is 0 Å². The highest BCUT2D eigenvalue weighted by molar-refractivity contribution is 9.10. The standard InChI is InChI=1S/C8H5BrF3NO2/c1-15-7(14)5-2-4(8(10,11)12)3-13-6(5)9/h2-3H,1H3. The molecule has 15 heavy (non-hydrogen) atoms. The Kier molecular flexibility index (Phi) is 3.33. The van der Waals surface area contributed by atoms with Crippen LogP contribution >= 0.6 is 15.9 Å². The zero-order valence-electron chi connectivity index (χ0n) is 7.43. The average Bonchev–Trinajstić information content (AvgIpc) is 2.15. The number of rotatable bonds is 1. The fourth-order valence-electron chi connectivity index (χ4n) is 0.856. The molecule has 1 heterocycles. The molecule has 82 valence electrons. The molecule has 0 amide bonds. The lowest BCUT2D eigenvalue weighted by Crippen LogP contribution is -2.10. The highest BCUT2D eigenvalue weighted by Crippen LogP contribution is 2.30. The molecule has 0 aliphatic rings. The van der Waals surface area contributed by atoms with Crippen molar-refractivity contribution in [2.45, 2.75) is 6.18 Å². The topological polar surface area (TPSA) is 39.2 Å². The molecule has 0 aliphatic heterocycles. The van der Waals surface area contributed by atoms with Crippen LogP contribution in [-0.4, -0.2) is 18.1 Å². The fraction of sp³-hybridized carbons (Fsp3) is 0.250. The molecule has 0 N–H and O–H groups in total. The van der Waals surface area contributed by atoms with Gasteiger partial charge in [0, 0.05) is 6.20 Å². The molecule has 0 saturated carbocycles. The van der Waals surface area contributed by atoms with Gasteiger partial charge in [0.2, 0.25) is 0 Å². The third-order valence-electron chi connectivity index (χ3n) is 1.57. The van der Waals surface area contributed by atoms with E-state index in [9.17, 15) is 18.0 Å². The summed E-state index contributed by atoms with van der Waals surface area (Å²) in [5, 5.41) is 0. The number of nitrogens with zero attached hydrogens (tertiary/aromatic N) is 1. The lowest BCUT2D eigenvalue weighted by Gasteiger charge is -2.08. The number of pyridine rings is 1. The van der Waals surface area contributed by atoms with Crippen LogP contribution in [-0.2, 0) is 10.9 Å². The van der Waals surface area contributed by atoms with E-state index in [-0.39, 0.29) is 10.2 Å². The first-order valence-electron chi connectivity index (χ1n) is 3.67. The summed E-state index contributed by atoms with van der Waals surface area (Å²) >= 11 is 2.86. The molecule has 0 unspecified atom stereocenters. The number of ether oxygens (including phenoxy) is 1. The van der Waals surface area contributed by atoms with E-state index >= 15 is 0 Å². The number of hydrogen-bond donors (Lipinski definition) is 0. The first kappa shape index (κ1) is 12.0. The minimum atomic E-state index is -4.53. The van der Waals surface area contributed by atoms with Gasteiger partial charge in [0.05, 0.1) is 18.2 Å². The van der Waals surface area contributed by atoms with Gasteiger partial charge in [-0.05, 0) is 22.0 Å². The number of methoxy groups -OCH3 is 1. The van der Waals surface area contributed by atoms with E-state index in [1.54, 1.807) is 0 Å². The van der Waals surface area contributed by atoms with Gasteiger partial charge in [-0.3, -0.25) is 0 Å². The van der Waals surface area contributed by atoms with Gasteiger partial charge in [-0.2, -0.15) is 13.2 Å². The minimum Gasteiger partial charge on any atom is -0.465 e. The van der Waals surface area contributed by atoms with Crippen LogP contribution in [0.5, 0.6) is 0 Å². The van der Waals surface area contributed by atoms with Crippen molar-refractivity contribution in [1.82, 2.24) is 4.98 Å². The Bertz CT molecular complexity index is 392. The maximum absolute atomic E-state index is 12.3. The highest BCUT2D eigenvalue weighted by atomic mass is 79.9. The van der Waals surface area contributed by atoms with Crippen LogP contribution in [0.15, 0.2) is 16.9 Å². The highest BCUT2D eigenvalue weighted by Gasteiger charge is 2.32. The second-order valence-electron chi connectivity index (χ2n) is 2.55. The summed E-state index contributed by atoms with van der Waals surface area (Å²) < 4.78 is 41.1. The number of carbonyl (C=O) groups excluding carboxylic acids is 1. The Hall–Kier alpha value is -1.11. The number of halogens is 4. The molecule has 0 saturated heterocycles. The van der Waals surface area contributed by atoms with Crippen molar-refractivity contribution < 1.29 is 22.7 Å². The summed E-state index contributed by atoms with van der Waals surface area (Å²) in [6.07, 6.45) is -3.90. The molecule has 0 aliphatic carbocycles. The molecule has 1 aromatic rings.